The minimum absolute atomic E-state index is 0.0173. The molecule has 7 heteroatoms. The van der Waals surface area contributed by atoms with Gasteiger partial charge in [0, 0.05) is 34.0 Å². The molecule has 2 amide bonds. The molecule has 3 heterocycles. The number of carbonyl (C=O) groups is 2. The Kier molecular flexibility index (Phi) is 5.37. The second-order valence-corrected chi connectivity index (χ2v) is 10.00. The molecule has 176 valence electrons. The topological polar surface area (TPSA) is 65.6 Å². The highest BCUT2D eigenvalue weighted by Gasteiger charge is 2.48. The van der Waals surface area contributed by atoms with E-state index in [4.69, 9.17) is 4.74 Å². The maximum Gasteiger partial charge on any atom is 0.246 e. The van der Waals surface area contributed by atoms with Crippen molar-refractivity contribution in [2.45, 2.75) is 25.0 Å². The molecule has 0 aliphatic carbocycles. The third kappa shape index (κ3) is 3.71. The second kappa shape index (κ2) is 8.57. The molecule has 6 nitrogen and oxygen atoms in total. The van der Waals surface area contributed by atoms with E-state index in [1.807, 2.05) is 66.7 Å². The Morgan fingerprint density at radius 3 is 2.60 bits per heavy atom. The number of hydrogen-bond acceptors (Lipinski definition) is 3. The molecule has 1 saturated heterocycles. The molecule has 4 aromatic rings. The van der Waals surface area contributed by atoms with Crippen LogP contribution in [-0.4, -0.2) is 46.3 Å². The molecular formula is C28H24BrN3O3. The number of aromatic nitrogens is 1. The van der Waals surface area contributed by atoms with E-state index in [0.717, 1.165) is 43.5 Å². The number of halogens is 1. The van der Waals surface area contributed by atoms with Gasteiger partial charge in [-0.1, -0.05) is 58.4 Å². The molecule has 2 atom stereocenters. The van der Waals surface area contributed by atoms with Crippen LogP contribution in [0.25, 0.3) is 10.9 Å². The van der Waals surface area contributed by atoms with E-state index >= 15 is 0 Å². The lowest BCUT2D eigenvalue weighted by molar-refractivity contribution is -0.159. The molecule has 2 aliphatic heterocycles. The standard InChI is InChI=1S/C28H24BrN3O3/c1-35-20-11-9-17(10-12-20)15-31-16-25(33)32-24(28(31)34)14-22-21-7-2-3-8-23(21)30-26(22)27(32)18-5-4-6-19(29)13-18/h2-13,24,27,30H,14-16H2,1H3/t24-,27+/m0/s1. The number of methoxy groups -OCH3 is 1. The highest BCUT2D eigenvalue weighted by molar-refractivity contribution is 9.10. The highest BCUT2D eigenvalue weighted by atomic mass is 79.9. The quantitative estimate of drug-likeness (QED) is 0.412. The maximum atomic E-state index is 13.8. The summed E-state index contributed by atoms with van der Waals surface area (Å²) in [5, 5.41) is 1.11. The fourth-order valence-electron chi connectivity index (χ4n) is 5.43. The van der Waals surface area contributed by atoms with E-state index in [0.29, 0.717) is 13.0 Å². The summed E-state index contributed by atoms with van der Waals surface area (Å²) in [7, 11) is 1.63. The van der Waals surface area contributed by atoms with Gasteiger partial charge in [0.2, 0.25) is 11.8 Å². The summed E-state index contributed by atoms with van der Waals surface area (Å²) in [5.74, 6) is 0.700. The van der Waals surface area contributed by atoms with Crippen LogP contribution in [-0.2, 0) is 22.6 Å². The average molecular weight is 530 g/mol. The van der Waals surface area contributed by atoms with Crippen molar-refractivity contribution < 1.29 is 14.3 Å². The number of hydrogen-bond donors (Lipinski definition) is 1. The molecule has 0 unspecified atom stereocenters. The van der Waals surface area contributed by atoms with E-state index in [2.05, 4.69) is 27.0 Å². The van der Waals surface area contributed by atoms with Crippen molar-refractivity contribution in [2.75, 3.05) is 13.7 Å². The first-order chi connectivity index (χ1) is 17.0. The van der Waals surface area contributed by atoms with E-state index in [1.165, 1.54) is 0 Å². The molecule has 0 bridgehead atoms. The first-order valence-corrected chi connectivity index (χ1v) is 12.4. The zero-order valence-corrected chi connectivity index (χ0v) is 20.8. The van der Waals surface area contributed by atoms with Crippen LogP contribution < -0.4 is 4.74 Å². The van der Waals surface area contributed by atoms with Gasteiger partial charge in [-0.15, -0.1) is 0 Å². The first-order valence-electron chi connectivity index (χ1n) is 11.6. The minimum Gasteiger partial charge on any atom is -0.497 e. The number of H-pyrrole nitrogens is 1. The summed E-state index contributed by atoms with van der Waals surface area (Å²) in [6.45, 7) is 0.447. The lowest BCUT2D eigenvalue weighted by Gasteiger charge is -2.47. The Balaban J connectivity index is 1.42. The van der Waals surface area contributed by atoms with Crippen molar-refractivity contribution in [3.05, 3.63) is 99.7 Å². The van der Waals surface area contributed by atoms with Crippen LogP contribution in [0.5, 0.6) is 5.75 Å². The number of piperazine rings is 1. The van der Waals surface area contributed by atoms with Gasteiger partial charge in [0.1, 0.15) is 18.3 Å². The fraction of sp³-hybridized carbons (Fsp3) is 0.214. The molecule has 2 aliphatic rings. The molecule has 0 saturated carbocycles. The van der Waals surface area contributed by atoms with Gasteiger partial charge in [0.25, 0.3) is 0 Å². The van der Waals surface area contributed by atoms with Crippen molar-refractivity contribution in [3.8, 4) is 5.75 Å². The van der Waals surface area contributed by atoms with Gasteiger partial charge in [0.05, 0.1) is 13.2 Å². The number of amides is 2. The smallest absolute Gasteiger partial charge is 0.246 e. The Morgan fingerprint density at radius 2 is 1.83 bits per heavy atom. The van der Waals surface area contributed by atoms with Crippen molar-refractivity contribution in [1.82, 2.24) is 14.8 Å². The predicted molar refractivity (Wildman–Crippen MR) is 137 cm³/mol. The first kappa shape index (κ1) is 21.9. The summed E-state index contributed by atoms with van der Waals surface area (Å²) < 4.78 is 6.18. The van der Waals surface area contributed by atoms with Crippen LogP contribution in [0, 0.1) is 0 Å². The van der Waals surface area contributed by atoms with Crippen LogP contribution in [0.15, 0.2) is 77.3 Å². The third-order valence-corrected chi connectivity index (χ3v) is 7.53. The molecule has 1 fully saturated rings. The van der Waals surface area contributed by atoms with Crippen molar-refractivity contribution >= 4 is 38.6 Å². The van der Waals surface area contributed by atoms with E-state index in [-0.39, 0.29) is 24.4 Å². The number of rotatable bonds is 4. The number of nitrogens with zero attached hydrogens (tertiary/aromatic N) is 2. The van der Waals surface area contributed by atoms with Gasteiger partial charge in [-0.2, -0.15) is 0 Å². The number of ether oxygens (including phenoxy) is 1. The van der Waals surface area contributed by atoms with Gasteiger partial charge in [-0.05, 0) is 47.0 Å². The van der Waals surface area contributed by atoms with Gasteiger partial charge in [-0.3, -0.25) is 9.59 Å². The number of aromatic amines is 1. The Labute approximate surface area is 211 Å². The summed E-state index contributed by atoms with van der Waals surface area (Å²) >= 11 is 3.58. The van der Waals surface area contributed by atoms with Gasteiger partial charge >= 0.3 is 0 Å². The van der Waals surface area contributed by atoms with Gasteiger partial charge in [-0.25, -0.2) is 0 Å². The Bertz CT molecular complexity index is 1450. The zero-order chi connectivity index (χ0) is 24.1. The summed E-state index contributed by atoms with van der Waals surface area (Å²) in [4.78, 5) is 34.5. The number of benzene rings is 3. The monoisotopic (exact) mass is 529 g/mol. The Morgan fingerprint density at radius 1 is 1.03 bits per heavy atom. The largest absolute Gasteiger partial charge is 0.497 e. The highest BCUT2D eigenvalue weighted by Crippen LogP contribution is 2.43. The Hall–Kier alpha value is -3.58. The average Bonchev–Trinajstić information content (AvgIpc) is 3.24. The lowest BCUT2D eigenvalue weighted by Crippen LogP contribution is -2.62. The van der Waals surface area contributed by atoms with Crippen LogP contribution in [0.1, 0.15) is 28.4 Å². The third-order valence-electron chi connectivity index (χ3n) is 7.04. The predicted octanol–water partition coefficient (Wildman–Crippen LogP) is 4.82. The summed E-state index contributed by atoms with van der Waals surface area (Å²) in [6, 6.07) is 22.9. The maximum absolute atomic E-state index is 13.8. The van der Waals surface area contributed by atoms with E-state index < -0.39 is 6.04 Å². The second-order valence-electron chi connectivity index (χ2n) is 9.08. The van der Waals surface area contributed by atoms with Crippen molar-refractivity contribution in [3.63, 3.8) is 0 Å². The van der Waals surface area contributed by atoms with E-state index in [9.17, 15) is 9.59 Å². The molecule has 6 rings (SSSR count). The number of para-hydroxylation sites is 1. The summed E-state index contributed by atoms with van der Waals surface area (Å²) in [5.41, 5.74) is 5.06. The van der Waals surface area contributed by atoms with E-state index in [1.54, 1.807) is 16.9 Å². The van der Waals surface area contributed by atoms with Gasteiger partial charge < -0.3 is 19.5 Å². The van der Waals surface area contributed by atoms with Crippen LogP contribution in [0.4, 0.5) is 0 Å². The van der Waals surface area contributed by atoms with Crippen molar-refractivity contribution in [2.24, 2.45) is 0 Å². The van der Waals surface area contributed by atoms with Crippen molar-refractivity contribution in [1.29, 1.82) is 0 Å². The molecule has 0 spiro atoms. The molecule has 1 aromatic heterocycles. The number of fused-ring (bicyclic) bond motifs is 4. The number of carbonyl (C=O) groups excluding carboxylic acids is 2. The fourth-order valence-corrected chi connectivity index (χ4v) is 5.85. The molecule has 3 aromatic carbocycles. The minimum atomic E-state index is -0.551. The summed E-state index contributed by atoms with van der Waals surface area (Å²) in [6.07, 6.45) is 0.494. The van der Waals surface area contributed by atoms with Crippen LogP contribution in [0.2, 0.25) is 0 Å². The lowest BCUT2D eigenvalue weighted by atomic mass is 9.86. The molecular weight excluding hydrogens is 506 g/mol. The molecule has 0 radical (unpaired) electrons. The normalized spacial score (nSPS) is 19.6. The molecule has 35 heavy (non-hydrogen) atoms. The number of nitrogens with one attached hydrogen (secondary N) is 1. The van der Waals surface area contributed by atoms with Gasteiger partial charge in [0.15, 0.2) is 0 Å². The molecule has 1 N–H and O–H groups in total. The SMILES string of the molecule is COc1ccc(CN2CC(=O)N3[C@H](c4cccc(Br)c4)c4[nH]c5ccccc5c4C[C@H]3C2=O)cc1. The van der Waals surface area contributed by atoms with Crippen LogP contribution >= 0.6 is 15.9 Å². The zero-order valence-electron chi connectivity index (χ0n) is 19.2. The van der Waals surface area contributed by atoms with Crippen LogP contribution in [0.3, 0.4) is 0 Å².